The molecule has 1 fully saturated rings. The van der Waals surface area contributed by atoms with Gasteiger partial charge in [-0.15, -0.1) is 0 Å². The maximum Gasteiger partial charge on any atom is 0.269 e. The van der Waals surface area contributed by atoms with E-state index in [1.54, 1.807) is 16.4 Å². The van der Waals surface area contributed by atoms with Crippen LogP contribution >= 0.6 is 0 Å². The van der Waals surface area contributed by atoms with Gasteiger partial charge in [0.15, 0.2) is 0 Å². The molecule has 0 aliphatic carbocycles. The van der Waals surface area contributed by atoms with Crippen molar-refractivity contribution in [1.82, 2.24) is 14.9 Å². The minimum atomic E-state index is -0.284. The van der Waals surface area contributed by atoms with Crippen molar-refractivity contribution in [3.63, 3.8) is 0 Å². The first kappa shape index (κ1) is 17.9. The number of hydrogen-bond acceptors (Lipinski definition) is 6. The second-order valence-electron chi connectivity index (χ2n) is 7.56. The number of para-hydroxylation sites is 1. The quantitative estimate of drug-likeness (QED) is 0.804. The van der Waals surface area contributed by atoms with Crippen molar-refractivity contribution in [3.05, 3.63) is 66.2 Å². The number of hydrazone groups is 2. The predicted molar refractivity (Wildman–Crippen MR) is 114 cm³/mol. The highest BCUT2D eigenvalue weighted by Gasteiger charge is 2.38. The van der Waals surface area contributed by atoms with E-state index in [9.17, 15) is 4.79 Å². The van der Waals surface area contributed by atoms with Crippen molar-refractivity contribution >= 4 is 23.6 Å². The van der Waals surface area contributed by atoms with Gasteiger partial charge in [0.05, 0.1) is 12.4 Å². The highest BCUT2D eigenvalue weighted by molar-refractivity contribution is 6.06. The molecule has 0 radical (unpaired) electrons. The SMILES string of the molecule is O=C1C2CC(c3ccccc3)=NN2C=NN1CN1CCN(c2ccccc2)CC1. The largest absolute Gasteiger partial charge is 0.369 e. The Kier molecular flexibility index (Phi) is 4.73. The summed E-state index contributed by atoms with van der Waals surface area (Å²) in [5.74, 6) is 0.0210. The Hall–Kier alpha value is -3.19. The molecule has 3 aliphatic rings. The lowest BCUT2D eigenvalue weighted by Gasteiger charge is -2.38. The molecule has 148 valence electrons. The molecule has 2 aromatic carbocycles. The monoisotopic (exact) mass is 388 g/mol. The van der Waals surface area contributed by atoms with Gasteiger partial charge in [-0.05, 0) is 17.7 Å². The Morgan fingerprint density at radius 3 is 2.31 bits per heavy atom. The zero-order valence-electron chi connectivity index (χ0n) is 16.3. The van der Waals surface area contributed by atoms with Gasteiger partial charge in [0.25, 0.3) is 5.91 Å². The van der Waals surface area contributed by atoms with E-state index < -0.39 is 0 Å². The smallest absolute Gasteiger partial charge is 0.269 e. The van der Waals surface area contributed by atoms with E-state index in [-0.39, 0.29) is 11.9 Å². The summed E-state index contributed by atoms with van der Waals surface area (Å²) in [7, 11) is 0. The third-order valence-corrected chi connectivity index (χ3v) is 5.73. The summed E-state index contributed by atoms with van der Waals surface area (Å²) < 4.78 is 0. The molecule has 3 heterocycles. The fourth-order valence-corrected chi connectivity index (χ4v) is 4.07. The molecular weight excluding hydrogens is 364 g/mol. The van der Waals surface area contributed by atoms with Crippen molar-refractivity contribution in [1.29, 1.82) is 0 Å². The molecule has 0 spiro atoms. The number of carbonyl (C=O) groups is 1. The van der Waals surface area contributed by atoms with Crippen molar-refractivity contribution in [2.75, 3.05) is 37.7 Å². The Morgan fingerprint density at radius 2 is 1.59 bits per heavy atom. The fourth-order valence-electron chi connectivity index (χ4n) is 4.07. The van der Waals surface area contributed by atoms with Crippen molar-refractivity contribution in [3.8, 4) is 0 Å². The number of fused-ring (bicyclic) bond motifs is 1. The molecule has 0 saturated carbocycles. The zero-order chi connectivity index (χ0) is 19.6. The van der Waals surface area contributed by atoms with Crippen molar-refractivity contribution in [2.24, 2.45) is 10.2 Å². The number of rotatable bonds is 4. The number of hydrogen-bond donors (Lipinski definition) is 0. The van der Waals surface area contributed by atoms with Gasteiger partial charge in [-0.2, -0.15) is 10.2 Å². The molecule has 0 bridgehead atoms. The Balaban J connectivity index is 1.19. The van der Waals surface area contributed by atoms with Crippen LogP contribution < -0.4 is 4.90 Å². The lowest BCUT2D eigenvalue weighted by atomic mass is 10.0. The Labute approximate surface area is 170 Å². The first-order valence-corrected chi connectivity index (χ1v) is 10.1. The van der Waals surface area contributed by atoms with Crippen molar-refractivity contribution in [2.45, 2.75) is 12.5 Å². The van der Waals surface area contributed by atoms with E-state index in [4.69, 9.17) is 0 Å². The van der Waals surface area contributed by atoms with Gasteiger partial charge in [0.2, 0.25) is 0 Å². The standard InChI is InChI=1S/C22H24N6O/c29-22-21-15-20(18-7-3-1-4-8-18)24-27(21)16-23-28(22)17-25-11-13-26(14-12-25)19-9-5-2-6-10-19/h1-10,16,21H,11-15,17H2. The number of piperazine rings is 1. The Bertz CT molecular complexity index is 921. The molecule has 1 unspecified atom stereocenters. The van der Waals surface area contributed by atoms with Gasteiger partial charge < -0.3 is 4.90 Å². The number of carbonyl (C=O) groups excluding carboxylic acids is 1. The maximum absolute atomic E-state index is 13.0. The molecule has 1 atom stereocenters. The van der Waals surface area contributed by atoms with Crippen LogP contribution in [0.25, 0.3) is 0 Å². The maximum atomic E-state index is 13.0. The molecule has 0 aromatic heterocycles. The van der Waals surface area contributed by atoms with Crippen LogP contribution in [0.4, 0.5) is 5.69 Å². The fraction of sp³-hybridized carbons (Fsp3) is 0.318. The van der Waals surface area contributed by atoms with Gasteiger partial charge >= 0.3 is 0 Å². The van der Waals surface area contributed by atoms with Crippen LogP contribution in [-0.4, -0.2) is 71.8 Å². The summed E-state index contributed by atoms with van der Waals surface area (Å²) in [5, 5.41) is 12.3. The lowest BCUT2D eigenvalue weighted by Crippen LogP contribution is -2.54. The third kappa shape index (κ3) is 3.61. The van der Waals surface area contributed by atoms with E-state index >= 15 is 0 Å². The summed E-state index contributed by atoms with van der Waals surface area (Å²) in [6.07, 6.45) is 2.30. The average molecular weight is 388 g/mol. The first-order valence-electron chi connectivity index (χ1n) is 10.1. The van der Waals surface area contributed by atoms with Crippen LogP contribution in [0, 0.1) is 0 Å². The molecule has 3 aliphatic heterocycles. The number of anilines is 1. The van der Waals surface area contributed by atoms with Crippen LogP contribution in [-0.2, 0) is 4.79 Å². The molecule has 2 aromatic rings. The normalized spacial score (nSPS) is 22.1. The highest BCUT2D eigenvalue weighted by atomic mass is 16.2. The lowest BCUT2D eigenvalue weighted by molar-refractivity contribution is -0.138. The molecular formula is C22H24N6O. The molecule has 5 rings (SSSR count). The molecule has 7 heteroatoms. The summed E-state index contributed by atoms with van der Waals surface area (Å²) in [4.78, 5) is 17.7. The van der Waals surface area contributed by atoms with E-state index in [1.165, 1.54) is 5.69 Å². The summed E-state index contributed by atoms with van der Waals surface area (Å²) in [6, 6.07) is 20.2. The van der Waals surface area contributed by atoms with E-state index in [2.05, 4.69) is 44.3 Å². The molecule has 1 saturated heterocycles. The number of benzene rings is 2. The summed E-state index contributed by atoms with van der Waals surface area (Å²) >= 11 is 0. The van der Waals surface area contributed by atoms with Gasteiger partial charge in [-0.25, -0.2) is 10.0 Å². The van der Waals surface area contributed by atoms with Crippen LogP contribution in [0.15, 0.2) is 70.9 Å². The third-order valence-electron chi connectivity index (χ3n) is 5.73. The number of nitrogens with zero attached hydrogens (tertiary/aromatic N) is 6. The second-order valence-corrected chi connectivity index (χ2v) is 7.56. The molecule has 7 nitrogen and oxygen atoms in total. The predicted octanol–water partition coefficient (Wildman–Crippen LogP) is 2.03. The van der Waals surface area contributed by atoms with Crippen LogP contribution in [0.3, 0.4) is 0 Å². The minimum absolute atomic E-state index is 0.0210. The average Bonchev–Trinajstić information content (AvgIpc) is 3.23. The molecule has 1 amide bonds. The second kappa shape index (κ2) is 7.67. The molecule has 0 N–H and O–H groups in total. The van der Waals surface area contributed by atoms with E-state index in [0.717, 1.165) is 37.5 Å². The van der Waals surface area contributed by atoms with Crippen LogP contribution in [0.5, 0.6) is 0 Å². The Morgan fingerprint density at radius 1 is 0.897 bits per heavy atom. The molecule has 29 heavy (non-hydrogen) atoms. The highest BCUT2D eigenvalue weighted by Crippen LogP contribution is 2.24. The summed E-state index contributed by atoms with van der Waals surface area (Å²) in [6.45, 7) is 4.25. The van der Waals surface area contributed by atoms with Gasteiger partial charge in [-0.3, -0.25) is 9.69 Å². The van der Waals surface area contributed by atoms with Gasteiger partial charge in [0.1, 0.15) is 12.4 Å². The summed E-state index contributed by atoms with van der Waals surface area (Å²) in [5.41, 5.74) is 3.26. The van der Waals surface area contributed by atoms with E-state index in [1.807, 2.05) is 36.4 Å². The van der Waals surface area contributed by atoms with Crippen LogP contribution in [0.1, 0.15) is 12.0 Å². The zero-order valence-corrected chi connectivity index (χ0v) is 16.3. The minimum Gasteiger partial charge on any atom is -0.369 e. The topological polar surface area (TPSA) is 54.8 Å². The first-order chi connectivity index (χ1) is 14.3. The van der Waals surface area contributed by atoms with Gasteiger partial charge in [-0.1, -0.05) is 48.5 Å². The van der Waals surface area contributed by atoms with Crippen molar-refractivity contribution < 1.29 is 4.79 Å². The van der Waals surface area contributed by atoms with Crippen LogP contribution in [0.2, 0.25) is 0 Å². The number of amides is 1. The van der Waals surface area contributed by atoms with Gasteiger partial charge in [0, 0.05) is 38.3 Å². The van der Waals surface area contributed by atoms with E-state index in [0.29, 0.717) is 13.1 Å².